The number of carbonyl (C=O) groups is 3. The van der Waals surface area contributed by atoms with Crippen LogP contribution in [0.25, 0.3) is 0 Å². The van der Waals surface area contributed by atoms with Crippen molar-refractivity contribution in [1.82, 2.24) is 0 Å². The number of hydrogen-bond donors (Lipinski definition) is 1. The monoisotopic (exact) mass is 358 g/mol. The standard InChI is InChI=1S/C15H6N2O9/c18-12-6-3-1-2-4-7(6)13(19)10-8(12)5-9(16(22)23)14(26-15(20)21)11(10)17(24)25/h1-5H,(H,20,21). The van der Waals surface area contributed by atoms with E-state index in [0.717, 1.165) is 0 Å². The zero-order chi connectivity index (χ0) is 19.2. The van der Waals surface area contributed by atoms with Crippen molar-refractivity contribution in [3.63, 3.8) is 0 Å². The van der Waals surface area contributed by atoms with Gasteiger partial charge in [-0.1, -0.05) is 24.3 Å². The molecule has 0 saturated carbocycles. The summed E-state index contributed by atoms with van der Waals surface area (Å²) in [5, 5.41) is 31.4. The minimum absolute atomic E-state index is 0.0690. The second-order valence-electron chi connectivity index (χ2n) is 5.08. The van der Waals surface area contributed by atoms with Gasteiger partial charge in [-0.05, 0) is 0 Å². The third-order valence-electron chi connectivity index (χ3n) is 3.69. The minimum Gasteiger partial charge on any atom is -0.449 e. The van der Waals surface area contributed by atoms with Crippen molar-refractivity contribution in [1.29, 1.82) is 0 Å². The van der Waals surface area contributed by atoms with Crippen molar-refractivity contribution in [3.8, 4) is 5.75 Å². The topological polar surface area (TPSA) is 167 Å². The Morgan fingerprint density at radius 1 is 0.962 bits per heavy atom. The molecule has 2 aromatic rings. The van der Waals surface area contributed by atoms with Gasteiger partial charge >= 0.3 is 17.5 Å². The van der Waals surface area contributed by atoms with Crippen LogP contribution in [0, 0.1) is 20.2 Å². The molecule has 3 rings (SSSR count). The smallest absolute Gasteiger partial charge is 0.449 e. The maximum absolute atomic E-state index is 12.7. The highest BCUT2D eigenvalue weighted by atomic mass is 16.7. The summed E-state index contributed by atoms with van der Waals surface area (Å²) in [6, 6.07) is 6.07. The van der Waals surface area contributed by atoms with Gasteiger partial charge in [0.15, 0.2) is 5.78 Å². The van der Waals surface area contributed by atoms with Crippen LogP contribution in [-0.4, -0.2) is 32.7 Å². The largest absolute Gasteiger partial charge is 0.511 e. The number of hydrogen-bond acceptors (Lipinski definition) is 8. The molecular weight excluding hydrogens is 352 g/mol. The van der Waals surface area contributed by atoms with Crippen molar-refractivity contribution < 1.29 is 34.1 Å². The second kappa shape index (κ2) is 5.73. The fourth-order valence-corrected chi connectivity index (χ4v) is 2.70. The van der Waals surface area contributed by atoms with Gasteiger partial charge < -0.3 is 9.84 Å². The molecule has 0 amide bonds. The van der Waals surface area contributed by atoms with Crippen LogP contribution < -0.4 is 4.74 Å². The predicted octanol–water partition coefficient (Wildman–Crippen LogP) is 2.34. The number of nitro benzene ring substituents is 2. The highest BCUT2D eigenvalue weighted by Crippen LogP contribution is 2.45. The number of ether oxygens (including phenoxy) is 1. The molecule has 0 heterocycles. The molecular formula is C15H6N2O9. The molecule has 26 heavy (non-hydrogen) atoms. The summed E-state index contributed by atoms with van der Waals surface area (Å²) in [5.74, 6) is -3.00. The van der Waals surface area contributed by atoms with Crippen LogP contribution in [0.5, 0.6) is 5.75 Å². The van der Waals surface area contributed by atoms with Gasteiger partial charge in [-0.25, -0.2) is 4.79 Å². The molecule has 0 spiro atoms. The minimum atomic E-state index is -2.05. The highest BCUT2D eigenvalue weighted by Gasteiger charge is 2.43. The molecule has 1 aliphatic rings. The lowest BCUT2D eigenvalue weighted by atomic mass is 9.82. The summed E-state index contributed by atoms with van der Waals surface area (Å²) in [4.78, 5) is 56.4. The normalized spacial score (nSPS) is 12.2. The maximum atomic E-state index is 12.7. The number of carbonyl (C=O) groups excluding carboxylic acids is 2. The van der Waals surface area contributed by atoms with Crippen LogP contribution in [-0.2, 0) is 0 Å². The number of nitrogens with zero attached hydrogens (tertiary/aromatic N) is 2. The molecule has 1 N–H and O–H groups in total. The Balaban J connectivity index is 2.45. The molecule has 0 radical (unpaired) electrons. The lowest BCUT2D eigenvalue weighted by molar-refractivity contribution is -0.395. The van der Waals surface area contributed by atoms with Crippen molar-refractivity contribution >= 4 is 29.1 Å². The first-order valence-electron chi connectivity index (χ1n) is 6.83. The van der Waals surface area contributed by atoms with Gasteiger partial charge in [-0.3, -0.25) is 29.8 Å². The molecule has 0 aliphatic heterocycles. The van der Waals surface area contributed by atoms with Crippen LogP contribution >= 0.6 is 0 Å². The highest BCUT2D eigenvalue weighted by molar-refractivity contribution is 6.30. The Kier molecular flexibility index (Phi) is 3.68. The van der Waals surface area contributed by atoms with E-state index < -0.39 is 55.8 Å². The van der Waals surface area contributed by atoms with E-state index in [1.54, 1.807) is 0 Å². The number of nitro groups is 2. The summed E-state index contributed by atoms with van der Waals surface area (Å²) in [5.41, 5.74) is -3.88. The fraction of sp³-hybridized carbons (Fsp3) is 0. The first-order chi connectivity index (χ1) is 12.2. The molecule has 2 aromatic carbocycles. The summed E-state index contributed by atoms with van der Waals surface area (Å²) >= 11 is 0. The molecule has 11 heteroatoms. The molecule has 0 aromatic heterocycles. The van der Waals surface area contributed by atoms with Gasteiger partial charge in [0, 0.05) is 22.8 Å². The predicted molar refractivity (Wildman–Crippen MR) is 81.7 cm³/mol. The molecule has 0 unspecified atom stereocenters. The first-order valence-corrected chi connectivity index (χ1v) is 6.83. The van der Waals surface area contributed by atoms with Gasteiger partial charge in [-0.2, -0.15) is 0 Å². The van der Waals surface area contributed by atoms with Gasteiger partial charge in [-0.15, -0.1) is 0 Å². The zero-order valence-electron chi connectivity index (χ0n) is 12.5. The van der Waals surface area contributed by atoms with E-state index >= 15 is 0 Å². The molecule has 0 fully saturated rings. The number of rotatable bonds is 3. The Labute approximate surface area is 142 Å². The summed E-state index contributed by atoms with van der Waals surface area (Å²) in [6.45, 7) is 0. The first kappa shape index (κ1) is 16.7. The average Bonchev–Trinajstić information content (AvgIpc) is 2.58. The van der Waals surface area contributed by atoms with Crippen molar-refractivity contribution in [2.75, 3.05) is 0 Å². The van der Waals surface area contributed by atoms with Crippen LogP contribution in [0.4, 0.5) is 16.2 Å². The number of benzene rings is 2. The van der Waals surface area contributed by atoms with E-state index in [2.05, 4.69) is 4.74 Å². The second-order valence-corrected chi connectivity index (χ2v) is 5.08. The van der Waals surface area contributed by atoms with E-state index in [-0.39, 0.29) is 11.1 Å². The lowest BCUT2D eigenvalue weighted by Gasteiger charge is -2.18. The van der Waals surface area contributed by atoms with E-state index in [1.165, 1.54) is 24.3 Å². The van der Waals surface area contributed by atoms with Crippen LogP contribution in [0.15, 0.2) is 30.3 Å². The quantitative estimate of drug-likeness (QED) is 0.320. The fourth-order valence-electron chi connectivity index (χ4n) is 2.70. The Morgan fingerprint density at radius 3 is 2.04 bits per heavy atom. The molecule has 0 atom stereocenters. The zero-order valence-corrected chi connectivity index (χ0v) is 12.5. The number of carboxylic acid groups (broad SMARTS) is 1. The van der Waals surface area contributed by atoms with Gasteiger partial charge in [0.25, 0.3) is 5.75 Å². The van der Waals surface area contributed by atoms with Crippen molar-refractivity contribution in [2.24, 2.45) is 0 Å². The van der Waals surface area contributed by atoms with Gasteiger partial charge in [0.1, 0.15) is 5.56 Å². The van der Waals surface area contributed by atoms with E-state index in [9.17, 15) is 34.6 Å². The van der Waals surface area contributed by atoms with E-state index in [0.29, 0.717) is 6.07 Å². The van der Waals surface area contributed by atoms with Gasteiger partial charge in [0.2, 0.25) is 5.78 Å². The third kappa shape index (κ3) is 2.34. The molecule has 0 bridgehead atoms. The average molecular weight is 358 g/mol. The molecule has 130 valence electrons. The Morgan fingerprint density at radius 2 is 1.54 bits per heavy atom. The molecule has 0 saturated heterocycles. The number of ketones is 2. The van der Waals surface area contributed by atoms with Crippen LogP contribution in [0.3, 0.4) is 0 Å². The molecule has 11 nitrogen and oxygen atoms in total. The summed E-state index contributed by atoms with van der Waals surface area (Å²) in [7, 11) is 0. The summed E-state index contributed by atoms with van der Waals surface area (Å²) in [6.07, 6.45) is -2.05. The number of fused-ring (bicyclic) bond motifs is 2. The van der Waals surface area contributed by atoms with Gasteiger partial charge in [0.05, 0.1) is 9.85 Å². The Hall–Kier alpha value is -4.15. The van der Waals surface area contributed by atoms with E-state index in [4.69, 9.17) is 5.11 Å². The Bertz CT molecular complexity index is 1040. The van der Waals surface area contributed by atoms with E-state index in [1.807, 2.05) is 0 Å². The maximum Gasteiger partial charge on any atom is 0.511 e. The third-order valence-corrected chi connectivity index (χ3v) is 3.69. The summed E-state index contributed by atoms with van der Waals surface area (Å²) < 4.78 is 4.21. The molecule has 1 aliphatic carbocycles. The van der Waals surface area contributed by atoms with Crippen molar-refractivity contribution in [2.45, 2.75) is 0 Å². The van der Waals surface area contributed by atoms with Crippen LogP contribution in [0.2, 0.25) is 0 Å². The van der Waals surface area contributed by atoms with Crippen molar-refractivity contribution in [3.05, 3.63) is 72.8 Å². The lowest BCUT2D eigenvalue weighted by Crippen LogP contribution is -2.23. The SMILES string of the molecule is O=C(O)Oc1c([N+](=O)[O-])cc2c(c1[N+](=O)[O-])C(=O)c1ccccc1C2=O. The van der Waals surface area contributed by atoms with Crippen LogP contribution in [0.1, 0.15) is 31.8 Å².